The van der Waals surface area contributed by atoms with E-state index in [2.05, 4.69) is 32.5 Å². The van der Waals surface area contributed by atoms with E-state index in [4.69, 9.17) is 20.1 Å². The van der Waals surface area contributed by atoms with Gasteiger partial charge in [0.1, 0.15) is 12.2 Å². The van der Waals surface area contributed by atoms with Crippen molar-refractivity contribution in [1.82, 2.24) is 25.0 Å². The third kappa shape index (κ3) is 9.61. The van der Waals surface area contributed by atoms with Crippen LogP contribution in [0.3, 0.4) is 0 Å². The van der Waals surface area contributed by atoms with Crippen molar-refractivity contribution in [3.63, 3.8) is 0 Å². The van der Waals surface area contributed by atoms with Gasteiger partial charge in [-0.25, -0.2) is 23.4 Å². The van der Waals surface area contributed by atoms with Gasteiger partial charge in [-0.1, -0.05) is 30.0 Å². The summed E-state index contributed by atoms with van der Waals surface area (Å²) in [6, 6.07) is 3.26. The SMILES string of the molecule is CCCSc1nc(N[C@@H]2C[C@H]2c2ccc(F)c(F)c2)c2nnn([C@@H]3C[C@H](OCCO)[C@@H](O)[C@H]3O)c2n1.CCO.CCO.[Mg+2]. The molecule has 2 heterocycles. The Balaban J connectivity index is 0.000000853. The number of hydrogen-bond donors (Lipinski definition) is 6. The van der Waals surface area contributed by atoms with Crippen molar-refractivity contribution in [1.29, 1.82) is 0 Å². The quantitative estimate of drug-likeness (QED) is 0.108. The maximum atomic E-state index is 13.7. The molecule has 0 bridgehead atoms. The Labute approximate surface area is 269 Å². The van der Waals surface area contributed by atoms with E-state index in [0.717, 1.165) is 24.7 Å². The van der Waals surface area contributed by atoms with Crippen LogP contribution in [0.4, 0.5) is 14.6 Å². The van der Waals surface area contributed by atoms with Crippen molar-refractivity contribution >= 4 is 51.8 Å². The van der Waals surface area contributed by atoms with Gasteiger partial charge in [0, 0.05) is 37.3 Å². The van der Waals surface area contributed by atoms with Gasteiger partial charge in [-0.3, -0.25) is 0 Å². The maximum absolute atomic E-state index is 13.7. The Morgan fingerprint density at radius 3 is 2.35 bits per heavy atom. The number of halogens is 2. The summed E-state index contributed by atoms with van der Waals surface area (Å²) in [5.74, 6) is -0.472. The van der Waals surface area contributed by atoms with Gasteiger partial charge in [-0.05, 0) is 44.4 Å². The molecular formula is C27H40F2MgN6O6S+2. The molecule has 16 heteroatoms. The average Bonchev–Trinajstić information content (AvgIpc) is 3.51. The first kappa shape index (κ1) is 37.4. The Hall–Kier alpha value is -1.76. The van der Waals surface area contributed by atoms with Crippen molar-refractivity contribution in [3.05, 3.63) is 35.4 Å². The monoisotopic (exact) mass is 638 g/mol. The van der Waals surface area contributed by atoms with Crippen LogP contribution >= 0.6 is 11.8 Å². The summed E-state index contributed by atoms with van der Waals surface area (Å²) in [6.07, 6.45) is -1.04. The summed E-state index contributed by atoms with van der Waals surface area (Å²) in [5, 5.41) is 57.7. The number of nitrogens with one attached hydrogen (secondary N) is 1. The number of hydrogen-bond acceptors (Lipinski definition) is 12. The summed E-state index contributed by atoms with van der Waals surface area (Å²) in [4.78, 5) is 9.27. The second-order valence-corrected chi connectivity index (χ2v) is 10.8. The Morgan fingerprint density at radius 2 is 1.72 bits per heavy atom. The van der Waals surface area contributed by atoms with Crippen LogP contribution in [-0.2, 0) is 4.74 Å². The third-order valence-electron chi connectivity index (χ3n) is 6.56. The summed E-state index contributed by atoms with van der Waals surface area (Å²) in [7, 11) is 0. The summed E-state index contributed by atoms with van der Waals surface area (Å²) in [5.41, 5.74) is 1.53. The number of aliphatic hydroxyl groups is 5. The fourth-order valence-corrected chi connectivity index (χ4v) is 5.31. The molecule has 2 aliphatic carbocycles. The van der Waals surface area contributed by atoms with Gasteiger partial charge in [-0.15, -0.1) is 5.10 Å². The number of ether oxygens (including phenoxy) is 1. The molecule has 0 radical (unpaired) electrons. The summed E-state index contributed by atoms with van der Waals surface area (Å²) >= 11 is 1.48. The van der Waals surface area contributed by atoms with Gasteiger partial charge in [-0.2, -0.15) is 0 Å². The van der Waals surface area contributed by atoms with Crippen LogP contribution in [0.1, 0.15) is 57.6 Å². The fraction of sp³-hybridized carbons (Fsp3) is 0.630. The molecule has 234 valence electrons. The standard InChI is InChI=1S/C23H28F2N6O4S.2C2H6O.Mg/c1-2-7-36-23-27-21(26-15-9-12(15)11-3-4-13(24)14(25)8-11)18-22(28-23)31(30-29-18)16-10-17(35-6-5-32)20(34)19(16)33;2*1-2-3;/h3-4,8,12,15-17,19-20,32-34H,2,5-7,9-10H2,1H3,(H,26,27,28);2*3H,2H2,1H3;/q;;;+2/t12-,15+,16+,17-,19-,20+;;;/m0.../s1. The first-order valence-electron chi connectivity index (χ1n) is 14.0. The molecule has 2 aliphatic rings. The van der Waals surface area contributed by atoms with Crippen LogP contribution in [0.2, 0.25) is 0 Å². The number of thioether (sulfide) groups is 1. The molecule has 3 aromatic rings. The maximum Gasteiger partial charge on any atom is 2.00 e. The molecule has 2 fully saturated rings. The largest absolute Gasteiger partial charge is 2.00 e. The average molecular weight is 639 g/mol. The van der Waals surface area contributed by atoms with Gasteiger partial charge in [0.25, 0.3) is 0 Å². The molecule has 0 amide bonds. The van der Waals surface area contributed by atoms with Gasteiger partial charge < -0.3 is 35.6 Å². The van der Waals surface area contributed by atoms with Crippen molar-refractivity contribution in [2.24, 2.45) is 0 Å². The minimum Gasteiger partial charge on any atom is -0.397 e. The van der Waals surface area contributed by atoms with E-state index in [1.54, 1.807) is 19.9 Å². The molecule has 0 saturated heterocycles. The van der Waals surface area contributed by atoms with Crippen molar-refractivity contribution in [3.8, 4) is 0 Å². The van der Waals surface area contributed by atoms with E-state index in [9.17, 15) is 19.0 Å². The van der Waals surface area contributed by atoms with E-state index < -0.39 is 36.0 Å². The fourth-order valence-electron chi connectivity index (χ4n) is 4.61. The van der Waals surface area contributed by atoms with E-state index in [0.29, 0.717) is 27.7 Å². The van der Waals surface area contributed by atoms with E-state index in [1.807, 2.05) is 0 Å². The van der Waals surface area contributed by atoms with Crippen molar-refractivity contribution < 1.29 is 39.1 Å². The zero-order valence-electron chi connectivity index (χ0n) is 24.6. The van der Waals surface area contributed by atoms with Crippen LogP contribution in [0.25, 0.3) is 11.2 Å². The van der Waals surface area contributed by atoms with Gasteiger partial charge in [0.05, 0.1) is 25.4 Å². The number of anilines is 1. The molecule has 6 N–H and O–H groups in total. The zero-order chi connectivity index (χ0) is 30.8. The third-order valence-corrected chi connectivity index (χ3v) is 7.61. The molecule has 2 aromatic heterocycles. The van der Waals surface area contributed by atoms with Crippen LogP contribution < -0.4 is 5.32 Å². The Morgan fingerprint density at radius 1 is 1.02 bits per heavy atom. The minimum absolute atomic E-state index is 0. The molecular weight excluding hydrogens is 599 g/mol. The first-order valence-corrected chi connectivity index (χ1v) is 15.0. The van der Waals surface area contributed by atoms with Gasteiger partial charge >= 0.3 is 23.1 Å². The second-order valence-electron chi connectivity index (χ2n) is 9.73. The molecule has 0 aliphatic heterocycles. The normalized spacial score (nSPS) is 24.0. The molecule has 6 atom stereocenters. The second kappa shape index (κ2) is 18.3. The molecule has 0 unspecified atom stereocenters. The van der Waals surface area contributed by atoms with Crippen LogP contribution in [0, 0.1) is 11.6 Å². The molecule has 2 saturated carbocycles. The predicted molar refractivity (Wildman–Crippen MR) is 159 cm³/mol. The van der Waals surface area contributed by atoms with E-state index in [-0.39, 0.29) is 67.9 Å². The predicted octanol–water partition coefficient (Wildman–Crippen LogP) is 1.63. The van der Waals surface area contributed by atoms with Crippen LogP contribution in [0.5, 0.6) is 0 Å². The number of nitrogens with zero attached hydrogens (tertiary/aromatic N) is 5. The zero-order valence-corrected chi connectivity index (χ0v) is 26.8. The molecule has 43 heavy (non-hydrogen) atoms. The topological polar surface area (TPSA) is 179 Å². The van der Waals surface area contributed by atoms with Crippen LogP contribution in [-0.4, -0.2) is 130 Å². The first-order chi connectivity index (χ1) is 20.2. The van der Waals surface area contributed by atoms with Crippen molar-refractivity contribution in [2.45, 2.75) is 81.5 Å². The van der Waals surface area contributed by atoms with E-state index >= 15 is 0 Å². The Kier molecular flexibility index (Phi) is 15.9. The number of fused-ring (bicyclic) bond motifs is 1. The number of aromatic nitrogens is 5. The van der Waals surface area contributed by atoms with E-state index in [1.165, 1.54) is 22.5 Å². The molecule has 5 rings (SSSR count). The molecule has 1 aromatic carbocycles. The Bertz CT molecular complexity index is 1280. The molecule has 0 spiro atoms. The summed E-state index contributed by atoms with van der Waals surface area (Å²) in [6.45, 7) is 5.77. The van der Waals surface area contributed by atoms with Gasteiger partial charge in [0.15, 0.2) is 33.8 Å². The number of rotatable bonds is 10. The van der Waals surface area contributed by atoms with Crippen molar-refractivity contribution in [2.75, 3.05) is 37.5 Å². The minimum atomic E-state index is -1.15. The summed E-state index contributed by atoms with van der Waals surface area (Å²) < 4.78 is 34.0. The van der Waals surface area contributed by atoms with Gasteiger partial charge in [0.2, 0.25) is 0 Å². The van der Waals surface area contributed by atoms with Crippen LogP contribution in [0.15, 0.2) is 23.4 Å². The number of benzene rings is 1. The molecule has 12 nitrogen and oxygen atoms in total. The number of aliphatic hydroxyl groups excluding tert-OH is 5. The smallest absolute Gasteiger partial charge is 0.397 e.